The van der Waals surface area contributed by atoms with Gasteiger partial charge in [-0.25, -0.2) is 0 Å². The number of nitrogens with zero attached hydrogens (tertiary/aromatic N) is 1. The van der Waals surface area contributed by atoms with Crippen LogP contribution in [0.5, 0.6) is 0 Å². The van der Waals surface area contributed by atoms with Crippen molar-refractivity contribution in [3.63, 3.8) is 0 Å². The molecular formula is C20H23N3OS. The summed E-state index contributed by atoms with van der Waals surface area (Å²) < 4.78 is 11.3. The number of aromatic amines is 1. The first kappa shape index (κ1) is 17.6. The van der Waals surface area contributed by atoms with Crippen molar-refractivity contribution in [1.29, 1.82) is 0 Å². The summed E-state index contributed by atoms with van der Waals surface area (Å²) in [6.45, 7) is 3.63. The minimum atomic E-state index is -0.798. The van der Waals surface area contributed by atoms with Crippen molar-refractivity contribution in [2.75, 3.05) is 6.26 Å². The Hall–Kier alpha value is -2.24. The van der Waals surface area contributed by atoms with Crippen LogP contribution in [0.4, 0.5) is 0 Å². The second-order valence-electron chi connectivity index (χ2n) is 6.28. The summed E-state index contributed by atoms with van der Waals surface area (Å²) in [5.41, 5.74) is 6.94. The average molecular weight is 353 g/mol. The van der Waals surface area contributed by atoms with E-state index in [1.54, 1.807) is 6.26 Å². The molecule has 3 rings (SSSR count). The summed E-state index contributed by atoms with van der Waals surface area (Å²) in [7, 11) is -0.798. The van der Waals surface area contributed by atoms with Gasteiger partial charge in [0.2, 0.25) is 0 Å². The Morgan fingerprint density at radius 3 is 2.56 bits per heavy atom. The first-order chi connectivity index (χ1) is 12.1. The van der Waals surface area contributed by atoms with Crippen LogP contribution in [-0.2, 0) is 29.6 Å². The first-order valence-corrected chi connectivity index (χ1v) is 10.0. The van der Waals surface area contributed by atoms with Crippen molar-refractivity contribution in [3.05, 3.63) is 77.0 Å². The highest BCUT2D eigenvalue weighted by Gasteiger charge is 2.07. The molecule has 0 bridgehead atoms. The molecule has 3 aromatic rings. The van der Waals surface area contributed by atoms with Crippen LogP contribution in [0.25, 0.3) is 11.3 Å². The van der Waals surface area contributed by atoms with Crippen LogP contribution in [0.1, 0.15) is 22.3 Å². The van der Waals surface area contributed by atoms with Crippen LogP contribution >= 0.6 is 0 Å². The summed E-state index contributed by atoms with van der Waals surface area (Å²) >= 11 is 0. The third-order valence-corrected chi connectivity index (χ3v) is 4.80. The van der Waals surface area contributed by atoms with Crippen molar-refractivity contribution >= 4 is 10.8 Å². The predicted octanol–water partition coefficient (Wildman–Crippen LogP) is 3.55. The minimum absolute atomic E-state index is 0.614. The molecule has 0 spiro atoms. The lowest BCUT2D eigenvalue weighted by Gasteiger charge is -2.07. The molecule has 0 radical (unpaired) electrons. The number of H-pyrrole nitrogens is 1. The summed E-state index contributed by atoms with van der Waals surface area (Å²) in [4.78, 5) is 0. The van der Waals surface area contributed by atoms with Crippen LogP contribution in [0.15, 0.2) is 54.7 Å². The van der Waals surface area contributed by atoms with E-state index in [-0.39, 0.29) is 0 Å². The molecule has 0 aliphatic carbocycles. The summed E-state index contributed by atoms with van der Waals surface area (Å²) in [5, 5.41) is 10.8. The fourth-order valence-corrected chi connectivity index (χ4v) is 3.49. The lowest BCUT2D eigenvalue weighted by molar-refractivity contribution is 0.686. The fourth-order valence-electron chi connectivity index (χ4n) is 2.83. The molecule has 5 heteroatoms. The normalized spacial score (nSPS) is 12.2. The van der Waals surface area contributed by atoms with Crippen LogP contribution in [-0.4, -0.2) is 20.7 Å². The Labute approximate surface area is 151 Å². The number of benzene rings is 2. The van der Waals surface area contributed by atoms with E-state index in [2.05, 4.69) is 71.0 Å². The fraction of sp³-hybridized carbons (Fsp3) is 0.250. The molecule has 1 unspecified atom stereocenters. The number of aryl methyl sites for hydroxylation is 1. The van der Waals surface area contributed by atoms with Crippen LogP contribution < -0.4 is 5.32 Å². The predicted molar refractivity (Wildman–Crippen MR) is 104 cm³/mol. The standard InChI is InChI=1S/C20H23N3OS/c1-15-4-3-5-18(10-15)20-19(13-22-23-20)12-21-11-16-6-8-17(9-7-16)14-25(2)24/h3-10,13,21H,11-12,14H2,1-2H3,(H,22,23). The van der Waals surface area contributed by atoms with Crippen molar-refractivity contribution in [2.24, 2.45) is 0 Å². The molecule has 4 nitrogen and oxygen atoms in total. The van der Waals surface area contributed by atoms with E-state index in [0.717, 1.165) is 35.5 Å². The van der Waals surface area contributed by atoms with Crippen LogP contribution in [0.2, 0.25) is 0 Å². The largest absolute Gasteiger partial charge is 0.308 e. The van der Waals surface area contributed by atoms with Crippen molar-refractivity contribution in [2.45, 2.75) is 25.8 Å². The monoisotopic (exact) mass is 353 g/mol. The summed E-state index contributed by atoms with van der Waals surface area (Å²) in [6.07, 6.45) is 3.61. The highest BCUT2D eigenvalue weighted by Crippen LogP contribution is 2.22. The zero-order valence-electron chi connectivity index (χ0n) is 14.6. The van der Waals surface area contributed by atoms with E-state index in [0.29, 0.717) is 5.75 Å². The van der Waals surface area contributed by atoms with Gasteiger partial charge in [-0.15, -0.1) is 0 Å². The van der Waals surface area contributed by atoms with Gasteiger partial charge in [0.05, 0.1) is 11.9 Å². The second-order valence-corrected chi connectivity index (χ2v) is 7.71. The van der Waals surface area contributed by atoms with E-state index >= 15 is 0 Å². The molecule has 1 heterocycles. The zero-order valence-corrected chi connectivity index (χ0v) is 15.4. The Morgan fingerprint density at radius 2 is 1.84 bits per heavy atom. The SMILES string of the molecule is Cc1cccc(-c2[nH]ncc2CNCc2ccc(CS(C)=O)cc2)c1. The third-order valence-electron chi connectivity index (χ3n) is 4.06. The average Bonchev–Trinajstić information content (AvgIpc) is 3.04. The smallest absolute Gasteiger partial charge is 0.0695 e. The van der Waals surface area contributed by atoms with Gasteiger partial charge in [-0.1, -0.05) is 48.0 Å². The van der Waals surface area contributed by atoms with Crippen LogP contribution in [0.3, 0.4) is 0 Å². The van der Waals surface area contributed by atoms with Gasteiger partial charge >= 0.3 is 0 Å². The maximum atomic E-state index is 11.3. The second kappa shape index (κ2) is 8.23. The minimum Gasteiger partial charge on any atom is -0.308 e. The highest BCUT2D eigenvalue weighted by atomic mass is 32.2. The summed E-state index contributed by atoms with van der Waals surface area (Å²) in [5.74, 6) is 0.614. The topological polar surface area (TPSA) is 57.8 Å². The van der Waals surface area contributed by atoms with Crippen molar-refractivity contribution in [1.82, 2.24) is 15.5 Å². The molecule has 2 aromatic carbocycles. The molecule has 0 saturated carbocycles. The molecule has 0 fully saturated rings. The van der Waals surface area contributed by atoms with E-state index in [1.807, 2.05) is 6.20 Å². The van der Waals surface area contributed by atoms with Gasteiger partial charge in [-0.05, 0) is 24.1 Å². The van der Waals surface area contributed by atoms with Gasteiger partial charge in [-0.2, -0.15) is 5.10 Å². The van der Waals surface area contributed by atoms with Gasteiger partial charge in [-0.3, -0.25) is 9.31 Å². The maximum Gasteiger partial charge on any atom is 0.0695 e. The van der Waals surface area contributed by atoms with Crippen molar-refractivity contribution in [3.8, 4) is 11.3 Å². The van der Waals surface area contributed by atoms with Crippen LogP contribution in [0, 0.1) is 6.92 Å². The van der Waals surface area contributed by atoms with E-state index in [9.17, 15) is 4.21 Å². The van der Waals surface area contributed by atoms with Gasteiger partial charge in [0, 0.05) is 47.0 Å². The molecule has 0 saturated heterocycles. The van der Waals surface area contributed by atoms with E-state index in [1.165, 1.54) is 11.1 Å². The maximum absolute atomic E-state index is 11.3. The molecule has 25 heavy (non-hydrogen) atoms. The number of rotatable bonds is 7. The molecule has 1 atom stereocenters. The molecule has 130 valence electrons. The van der Waals surface area contributed by atoms with Gasteiger partial charge in [0.15, 0.2) is 0 Å². The van der Waals surface area contributed by atoms with Gasteiger partial charge in [0.25, 0.3) is 0 Å². The lowest BCUT2D eigenvalue weighted by Crippen LogP contribution is -2.12. The van der Waals surface area contributed by atoms with Gasteiger partial charge in [0.1, 0.15) is 0 Å². The molecule has 0 amide bonds. The molecule has 2 N–H and O–H groups in total. The Balaban J connectivity index is 1.60. The first-order valence-electron chi connectivity index (χ1n) is 8.29. The van der Waals surface area contributed by atoms with E-state index < -0.39 is 10.8 Å². The van der Waals surface area contributed by atoms with Crippen molar-refractivity contribution < 1.29 is 4.21 Å². The molecule has 0 aliphatic rings. The molecule has 1 aromatic heterocycles. The number of hydrogen-bond donors (Lipinski definition) is 2. The Bertz CT molecular complexity index is 855. The van der Waals surface area contributed by atoms with E-state index in [4.69, 9.17) is 0 Å². The molecular weight excluding hydrogens is 330 g/mol. The lowest BCUT2D eigenvalue weighted by atomic mass is 10.1. The number of aromatic nitrogens is 2. The quantitative estimate of drug-likeness (QED) is 0.683. The highest BCUT2D eigenvalue weighted by molar-refractivity contribution is 7.83. The zero-order chi connectivity index (χ0) is 17.6. The molecule has 0 aliphatic heterocycles. The number of nitrogens with one attached hydrogen (secondary N) is 2. The summed E-state index contributed by atoms with van der Waals surface area (Å²) in [6, 6.07) is 16.7. The Morgan fingerprint density at radius 1 is 1.08 bits per heavy atom. The Kier molecular flexibility index (Phi) is 5.79. The van der Waals surface area contributed by atoms with Gasteiger partial charge < -0.3 is 5.32 Å². The number of hydrogen-bond acceptors (Lipinski definition) is 3. The third kappa shape index (κ3) is 4.87.